The zero-order valence-corrected chi connectivity index (χ0v) is 11.8. The van der Waals surface area contributed by atoms with Crippen molar-refractivity contribution in [2.45, 2.75) is 30.7 Å². The first kappa shape index (κ1) is 14.2. The molecule has 1 aliphatic rings. The number of carbonyl (C=O) groups is 1. The lowest BCUT2D eigenvalue weighted by Crippen LogP contribution is -2.46. The van der Waals surface area contributed by atoms with Crippen LogP contribution in [0.25, 0.3) is 0 Å². The van der Waals surface area contributed by atoms with Crippen molar-refractivity contribution in [3.8, 4) is 0 Å². The SMILES string of the molecule is CC(=O)c1ccc(S(=O)(=O)NC2(C)CCOC2)cc1. The van der Waals surface area contributed by atoms with Gasteiger partial charge in [0.05, 0.1) is 17.0 Å². The molecule has 0 aliphatic carbocycles. The third-order valence-corrected chi connectivity index (χ3v) is 4.83. The van der Waals surface area contributed by atoms with Crippen molar-refractivity contribution in [1.29, 1.82) is 0 Å². The van der Waals surface area contributed by atoms with Crippen molar-refractivity contribution < 1.29 is 17.9 Å². The molecule has 1 atom stereocenters. The molecule has 104 valence electrons. The highest BCUT2D eigenvalue weighted by atomic mass is 32.2. The van der Waals surface area contributed by atoms with Gasteiger partial charge in [0.1, 0.15) is 0 Å². The molecule has 1 N–H and O–H groups in total. The fraction of sp³-hybridized carbons (Fsp3) is 0.462. The summed E-state index contributed by atoms with van der Waals surface area (Å²) in [5, 5.41) is 0. The Bertz CT molecular complexity index is 571. The molecule has 1 heterocycles. The number of Topliss-reactive ketones (excluding diaryl/α,β-unsaturated/α-hetero) is 1. The molecular weight excluding hydrogens is 266 g/mol. The summed E-state index contributed by atoms with van der Waals surface area (Å²) in [6.07, 6.45) is 0.651. The minimum Gasteiger partial charge on any atom is -0.379 e. The number of carbonyl (C=O) groups excluding carboxylic acids is 1. The first-order chi connectivity index (χ1) is 8.82. The summed E-state index contributed by atoms with van der Waals surface area (Å²) in [5.74, 6) is -0.0898. The fourth-order valence-corrected chi connectivity index (χ4v) is 3.42. The van der Waals surface area contributed by atoms with E-state index in [1.165, 1.54) is 31.2 Å². The maximum atomic E-state index is 12.2. The zero-order chi connectivity index (χ0) is 14.1. The number of ether oxygens (including phenoxy) is 1. The Labute approximate surface area is 113 Å². The molecule has 5 nitrogen and oxygen atoms in total. The van der Waals surface area contributed by atoms with E-state index < -0.39 is 15.6 Å². The van der Waals surface area contributed by atoms with Gasteiger partial charge in [-0.2, -0.15) is 0 Å². The number of nitrogens with one attached hydrogen (secondary N) is 1. The van der Waals surface area contributed by atoms with Crippen molar-refractivity contribution in [2.24, 2.45) is 0 Å². The average molecular weight is 283 g/mol. The Kier molecular flexibility index (Phi) is 3.75. The van der Waals surface area contributed by atoms with E-state index in [0.29, 0.717) is 25.2 Å². The smallest absolute Gasteiger partial charge is 0.241 e. The second kappa shape index (κ2) is 5.03. The molecular formula is C13H17NO4S. The molecule has 1 aromatic carbocycles. The van der Waals surface area contributed by atoms with Gasteiger partial charge < -0.3 is 4.74 Å². The van der Waals surface area contributed by atoms with E-state index in [1.807, 2.05) is 6.92 Å². The third-order valence-electron chi connectivity index (χ3n) is 3.17. The van der Waals surface area contributed by atoms with Crippen molar-refractivity contribution in [2.75, 3.05) is 13.2 Å². The molecule has 6 heteroatoms. The first-order valence-electron chi connectivity index (χ1n) is 6.05. The quantitative estimate of drug-likeness (QED) is 0.847. The largest absolute Gasteiger partial charge is 0.379 e. The molecule has 0 spiro atoms. The molecule has 0 bridgehead atoms. The molecule has 1 unspecified atom stereocenters. The second-order valence-corrected chi connectivity index (χ2v) is 6.73. The summed E-state index contributed by atoms with van der Waals surface area (Å²) >= 11 is 0. The van der Waals surface area contributed by atoms with Crippen LogP contribution in [0.3, 0.4) is 0 Å². The van der Waals surface area contributed by atoms with E-state index in [4.69, 9.17) is 4.74 Å². The second-order valence-electron chi connectivity index (χ2n) is 5.05. The summed E-state index contributed by atoms with van der Waals surface area (Å²) in [5.41, 5.74) is -0.0627. The van der Waals surface area contributed by atoms with Crippen LogP contribution < -0.4 is 4.72 Å². The van der Waals surface area contributed by atoms with Gasteiger partial charge in [0.2, 0.25) is 10.0 Å². The van der Waals surface area contributed by atoms with Crippen molar-refractivity contribution >= 4 is 15.8 Å². The van der Waals surface area contributed by atoms with Gasteiger partial charge in [0.15, 0.2) is 5.78 Å². The van der Waals surface area contributed by atoms with Crippen LogP contribution in [0.4, 0.5) is 0 Å². The number of hydrogen-bond acceptors (Lipinski definition) is 4. The lowest BCUT2D eigenvalue weighted by atomic mass is 10.0. The predicted molar refractivity (Wildman–Crippen MR) is 70.6 cm³/mol. The lowest BCUT2D eigenvalue weighted by Gasteiger charge is -2.23. The number of sulfonamides is 1. The van der Waals surface area contributed by atoms with Gasteiger partial charge in [-0.25, -0.2) is 13.1 Å². The standard InChI is InChI=1S/C13H17NO4S/c1-10(15)11-3-5-12(6-4-11)19(16,17)14-13(2)7-8-18-9-13/h3-6,14H,7-9H2,1-2H3. The number of benzene rings is 1. The van der Waals surface area contributed by atoms with Gasteiger partial charge in [-0.1, -0.05) is 12.1 Å². The van der Waals surface area contributed by atoms with Crippen LogP contribution in [-0.2, 0) is 14.8 Å². The Balaban J connectivity index is 2.22. The molecule has 0 saturated carbocycles. The van der Waals surface area contributed by atoms with Gasteiger partial charge in [0.25, 0.3) is 0 Å². The van der Waals surface area contributed by atoms with Crippen LogP contribution in [-0.4, -0.2) is 33.0 Å². The summed E-state index contributed by atoms with van der Waals surface area (Å²) in [6, 6.07) is 5.92. The van der Waals surface area contributed by atoms with Crippen LogP contribution in [0.5, 0.6) is 0 Å². The van der Waals surface area contributed by atoms with Crippen molar-refractivity contribution in [1.82, 2.24) is 4.72 Å². The monoisotopic (exact) mass is 283 g/mol. The normalized spacial score (nSPS) is 23.5. The molecule has 19 heavy (non-hydrogen) atoms. The van der Waals surface area contributed by atoms with E-state index in [2.05, 4.69) is 4.72 Å². The summed E-state index contributed by atoms with van der Waals surface area (Å²) in [7, 11) is -3.59. The Morgan fingerprint density at radius 2 is 1.95 bits per heavy atom. The molecule has 2 rings (SSSR count). The lowest BCUT2D eigenvalue weighted by molar-refractivity contribution is 0.101. The average Bonchev–Trinajstić information content (AvgIpc) is 2.75. The Morgan fingerprint density at radius 3 is 2.42 bits per heavy atom. The van der Waals surface area contributed by atoms with Gasteiger partial charge in [0, 0.05) is 12.2 Å². The molecule has 1 aliphatic heterocycles. The zero-order valence-electron chi connectivity index (χ0n) is 11.0. The van der Waals surface area contributed by atoms with E-state index in [0.717, 1.165) is 0 Å². The van der Waals surface area contributed by atoms with Gasteiger partial charge in [-0.05, 0) is 32.4 Å². The topological polar surface area (TPSA) is 72.5 Å². The first-order valence-corrected chi connectivity index (χ1v) is 7.53. The molecule has 1 fully saturated rings. The third kappa shape index (κ3) is 3.20. The highest BCUT2D eigenvalue weighted by Gasteiger charge is 2.34. The molecule has 0 radical (unpaired) electrons. The number of hydrogen-bond donors (Lipinski definition) is 1. The van der Waals surface area contributed by atoms with Crippen LogP contribution in [0.2, 0.25) is 0 Å². The Hall–Kier alpha value is -1.24. The molecule has 1 aromatic rings. The van der Waals surface area contributed by atoms with Gasteiger partial charge in [-0.15, -0.1) is 0 Å². The van der Waals surface area contributed by atoms with E-state index in [-0.39, 0.29) is 10.7 Å². The summed E-state index contributed by atoms with van der Waals surface area (Å²) in [4.78, 5) is 11.3. The highest BCUT2D eigenvalue weighted by Crippen LogP contribution is 2.21. The summed E-state index contributed by atoms with van der Waals surface area (Å²) in [6.45, 7) is 4.19. The molecule has 1 saturated heterocycles. The number of ketones is 1. The maximum absolute atomic E-state index is 12.2. The molecule has 0 aromatic heterocycles. The minimum absolute atomic E-state index is 0.0898. The number of rotatable bonds is 4. The molecule has 0 amide bonds. The van der Waals surface area contributed by atoms with Gasteiger partial charge in [-0.3, -0.25) is 4.79 Å². The minimum atomic E-state index is -3.59. The van der Waals surface area contributed by atoms with E-state index >= 15 is 0 Å². The van der Waals surface area contributed by atoms with Crippen LogP contribution >= 0.6 is 0 Å². The predicted octanol–water partition coefficient (Wildman–Crippen LogP) is 1.35. The van der Waals surface area contributed by atoms with Crippen molar-refractivity contribution in [3.63, 3.8) is 0 Å². The van der Waals surface area contributed by atoms with Crippen LogP contribution in [0, 0.1) is 0 Å². The highest BCUT2D eigenvalue weighted by molar-refractivity contribution is 7.89. The van der Waals surface area contributed by atoms with Crippen molar-refractivity contribution in [3.05, 3.63) is 29.8 Å². The van der Waals surface area contributed by atoms with Gasteiger partial charge >= 0.3 is 0 Å². The fourth-order valence-electron chi connectivity index (χ4n) is 2.00. The van der Waals surface area contributed by atoms with E-state index in [1.54, 1.807) is 0 Å². The Morgan fingerprint density at radius 1 is 1.32 bits per heavy atom. The summed E-state index contributed by atoms with van der Waals surface area (Å²) < 4.78 is 32.3. The maximum Gasteiger partial charge on any atom is 0.241 e. The van der Waals surface area contributed by atoms with Crippen LogP contribution in [0.15, 0.2) is 29.2 Å². The van der Waals surface area contributed by atoms with E-state index in [9.17, 15) is 13.2 Å². The van der Waals surface area contributed by atoms with Crippen LogP contribution in [0.1, 0.15) is 30.6 Å².